The molecule has 18 heteroatoms. The van der Waals surface area contributed by atoms with Gasteiger partial charge in [-0.25, -0.2) is 13.8 Å². The third kappa shape index (κ3) is 8.26. The number of nitrogens with one attached hydrogen (secondary N) is 1. The largest absolute Gasteiger partial charge is 0.483 e. The van der Waals surface area contributed by atoms with Crippen LogP contribution in [0, 0.1) is 0 Å². The molecule has 0 atom stereocenters. The van der Waals surface area contributed by atoms with Crippen LogP contribution in [-0.4, -0.2) is 98.2 Å². The topological polar surface area (TPSA) is 152 Å². The van der Waals surface area contributed by atoms with Crippen LogP contribution in [0.1, 0.15) is 26.7 Å². The predicted molar refractivity (Wildman–Crippen MR) is 145 cm³/mol. The van der Waals surface area contributed by atoms with E-state index in [-0.39, 0.29) is 40.2 Å². The second-order valence-corrected chi connectivity index (χ2v) is 9.61. The standard InChI is InChI=1S/C24H26ClF5N8O2.CH2O2/c1-35-18(16-12-38(13-19(26)27)34-20(16)24(28,29)30)11-32-21(35)22(39)33-14-2-3-15(17(25)10-14)23(40)37-8-6-36(5-4-31)7-9-37;2-1-3/h2-3,10-12,19H,4-9,13,31H2,1H3,(H,33,39);1H,(H,2,3). The number of hydrogen-bond acceptors (Lipinski definition) is 7. The lowest BCUT2D eigenvalue weighted by Crippen LogP contribution is -2.49. The van der Waals surface area contributed by atoms with Gasteiger partial charge in [-0.15, -0.1) is 0 Å². The number of anilines is 1. The summed E-state index contributed by atoms with van der Waals surface area (Å²) in [6.07, 6.45) is -5.98. The summed E-state index contributed by atoms with van der Waals surface area (Å²) >= 11 is 6.35. The van der Waals surface area contributed by atoms with Gasteiger partial charge in [0.25, 0.3) is 24.7 Å². The van der Waals surface area contributed by atoms with Crippen molar-refractivity contribution >= 4 is 35.6 Å². The SMILES string of the molecule is Cn1c(-c2cn(CC(F)F)nc2C(F)(F)F)cnc1C(=O)Nc1ccc(C(=O)N2CCN(CCN)CC2)c(Cl)c1.O=CO. The van der Waals surface area contributed by atoms with Crippen molar-refractivity contribution in [3.63, 3.8) is 0 Å². The molecule has 1 aliphatic heterocycles. The van der Waals surface area contributed by atoms with Crippen molar-refractivity contribution in [1.82, 2.24) is 29.1 Å². The van der Waals surface area contributed by atoms with E-state index in [0.29, 0.717) is 37.4 Å². The number of imidazole rings is 1. The van der Waals surface area contributed by atoms with Gasteiger partial charge in [0, 0.05) is 58.2 Å². The molecule has 0 radical (unpaired) electrons. The first-order chi connectivity index (χ1) is 20.3. The van der Waals surface area contributed by atoms with Crippen molar-refractivity contribution in [3.8, 4) is 11.3 Å². The van der Waals surface area contributed by atoms with E-state index in [1.165, 1.54) is 25.2 Å². The monoisotopic (exact) mass is 634 g/mol. The Morgan fingerprint density at radius 2 is 1.86 bits per heavy atom. The van der Waals surface area contributed by atoms with Crippen LogP contribution >= 0.6 is 11.6 Å². The van der Waals surface area contributed by atoms with E-state index in [1.54, 1.807) is 4.90 Å². The van der Waals surface area contributed by atoms with Crippen LogP contribution in [0.15, 0.2) is 30.6 Å². The zero-order chi connectivity index (χ0) is 31.9. The fourth-order valence-corrected chi connectivity index (χ4v) is 4.67. The Labute approximate surface area is 246 Å². The summed E-state index contributed by atoms with van der Waals surface area (Å²) in [4.78, 5) is 42.0. The van der Waals surface area contributed by atoms with Crippen LogP contribution in [0.3, 0.4) is 0 Å². The van der Waals surface area contributed by atoms with Gasteiger partial charge in [0.05, 0.1) is 28.0 Å². The van der Waals surface area contributed by atoms with Crippen molar-refractivity contribution in [1.29, 1.82) is 0 Å². The molecule has 1 fully saturated rings. The zero-order valence-electron chi connectivity index (χ0n) is 22.7. The highest BCUT2D eigenvalue weighted by molar-refractivity contribution is 6.34. The van der Waals surface area contributed by atoms with E-state index in [4.69, 9.17) is 27.2 Å². The summed E-state index contributed by atoms with van der Waals surface area (Å²) in [6, 6.07) is 4.34. The number of carbonyl (C=O) groups is 3. The lowest BCUT2D eigenvalue weighted by Gasteiger charge is -2.34. The Morgan fingerprint density at radius 1 is 1.21 bits per heavy atom. The molecule has 43 heavy (non-hydrogen) atoms. The van der Waals surface area contributed by atoms with Crippen molar-refractivity contribution < 1.29 is 41.4 Å². The van der Waals surface area contributed by atoms with E-state index < -0.39 is 36.3 Å². The third-order valence-electron chi connectivity index (χ3n) is 6.38. The first-order valence-electron chi connectivity index (χ1n) is 12.7. The molecule has 234 valence electrons. The van der Waals surface area contributed by atoms with Crippen LogP contribution < -0.4 is 11.1 Å². The van der Waals surface area contributed by atoms with Gasteiger partial charge in [0.15, 0.2) is 11.5 Å². The Bertz CT molecular complexity index is 1440. The molecular formula is C25H28ClF5N8O4. The van der Waals surface area contributed by atoms with Crippen molar-refractivity contribution in [2.45, 2.75) is 19.1 Å². The van der Waals surface area contributed by atoms with E-state index in [1.807, 2.05) is 0 Å². The zero-order valence-corrected chi connectivity index (χ0v) is 23.4. The average molecular weight is 635 g/mol. The third-order valence-corrected chi connectivity index (χ3v) is 6.70. The van der Waals surface area contributed by atoms with Crippen LogP contribution in [0.2, 0.25) is 5.02 Å². The van der Waals surface area contributed by atoms with Crippen LogP contribution in [0.25, 0.3) is 11.3 Å². The predicted octanol–water partition coefficient (Wildman–Crippen LogP) is 2.89. The van der Waals surface area contributed by atoms with Gasteiger partial charge >= 0.3 is 6.18 Å². The molecule has 3 aromatic rings. The van der Waals surface area contributed by atoms with E-state index in [9.17, 15) is 31.5 Å². The molecule has 1 aliphatic rings. The number of aromatic nitrogens is 4. The Morgan fingerprint density at radius 3 is 2.42 bits per heavy atom. The Hall–Kier alpha value is -4.09. The summed E-state index contributed by atoms with van der Waals surface area (Å²) < 4.78 is 67.7. The summed E-state index contributed by atoms with van der Waals surface area (Å²) in [7, 11) is 1.31. The molecule has 1 aromatic carbocycles. The molecule has 0 saturated carbocycles. The minimum absolute atomic E-state index is 0.106. The molecular weight excluding hydrogens is 607 g/mol. The first kappa shape index (κ1) is 33.4. The number of rotatable bonds is 8. The molecule has 0 bridgehead atoms. The molecule has 0 unspecified atom stereocenters. The smallest absolute Gasteiger partial charge is 0.435 e. The molecule has 2 amide bonds. The highest BCUT2D eigenvalue weighted by atomic mass is 35.5. The summed E-state index contributed by atoms with van der Waals surface area (Å²) in [6.45, 7) is 2.43. The molecule has 1 saturated heterocycles. The quantitative estimate of drug-likeness (QED) is 0.253. The van der Waals surface area contributed by atoms with Crippen molar-refractivity contribution in [3.05, 3.63) is 52.7 Å². The Kier molecular flexibility index (Phi) is 11.2. The number of carbonyl (C=O) groups excluding carboxylic acids is 2. The molecule has 2 aromatic heterocycles. The number of amides is 2. The van der Waals surface area contributed by atoms with Gasteiger partial charge in [0.1, 0.15) is 6.54 Å². The average Bonchev–Trinajstić information content (AvgIpc) is 3.52. The van der Waals surface area contributed by atoms with E-state index in [2.05, 4.69) is 20.3 Å². The van der Waals surface area contributed by atoms with E-state index in [0.717, 1.165) is 23.5 Å². The first-order valence-corrected chi connectivity index (χ1v) is 13.0. The Balaban J connectivity index is 0.00000162. The number of halogens is 6. The molecule has 3 heterocycles. The highest BCUT2D eigenvalue weighted by Crippen LogP contribution is 2.36. The van der Waals surface area contributed by atoms with Gasteiger partial charge in [-0.2, -0.15) is 18.3 Å². The van der Waals surface area contributed by atoms with Gasteiger partial charge in [-0.3, -0.25) is 24.0 Å². The summed E-state index contributed by atoms with van der Waals surface area (Å²) in [5, 5.41) is 12.8. The second kappa shape index (κ2) is 14.4. The highest BCUT2D eigenvalue weighted by Gasteiger charge is 2.39. The van der Waals surface area contributed by atoms with Gasteiger partial charge < -0.3 is 25.6 Å². The van der Waals surface area contributed by atoms with Crippen LogP contribution in [0.5, 0.6) is 0 Å². The molecule has 0 aliphatic carbocycles. The number of benzene rings is 1. The fourth-order valence-electron chi connectivity index (χ4n) is 4.40. The molecule has 12 nitrogen and oxygen atoms in total. The van der Waals surface area contributed by atoms with Gasteiger partial charge in [0.2, 0.25) is 0 Å². The second-order valence-electron chi connectivity index (χ2n) is 9.21. The normalized spacial score (nSPS) is 13.9. The number of carboxylic acid groups (broad SMARTS) is 1. The van der Waals surface area contributed by atoms with Crippen LogP contribution in [0.4, 0.5) is 27.6 Å². The lowest BCUT2D eigenvalue weighted by atomic mass is 10.1. The summed E-state index contributed by atoms with van der Waals surface area (Å²) in [5.41, 5.74) is 4.03. The summed E-state index contributed by atoms with van der Waals surface area (Å²) in [5.74, 6) is -1.28. The minimum Gasteiger partial charge on any atom is -0.483 e. The fraction of sp³-hybridized carbons (Fsp3) is 0.400. The van der Waals surface area contributed by atoms with Gasteiger partial charge in [-0.05, 0) is 18.2 Å². The minimum atomic E-state index is -4.93. The van der Waals surface area contributed by atoms with Gasteiger partial charge in [-0.1, -0.05) is 11.6 Å². The van der Waals surface area contributed by atoms with Crippen molar-refractivity contribution in [2.24, 2.45) is 12.8 Å². The van der Waals surface area contributed by atoms with Crippen LogP contribution in [-0.2, 0) is 24.6 Å². The number of piperazine rings is 1. The number of alkyl halides is 5. The number of nitrogens with two attached hydrogens (primary N) is 1. The maximum Gasteiger partial charge on any atom is 0.435 e. The molecule has 4 rings (SSSR count). The molecule has 4 N–H and O–H groups in total. The number of hydrogen-bond donors (Lipinski definition) is 3. The molecule has 0 spiro atoms. The lowest BCUT2D eigenvalue weighted by molar-refractivity contribution is -0.141. The number of nitrogens with zero attached hydrogens (tertiary/aromatic N) is 6. The van der Waals surface area contributed by atoms with Crippen molar-refractivity contribution in [2.75, 3.05) is 44.6 Å². The van der Waals surface area contributed by atoms with E-state index >= 15 is 0 Å². The maximum absolute atomic E-state index is 13.5. The maximum atomic E-state index is 13.5.